The molecule has 2 N–H and O–H groups in total. The van der Waals surface area contributed by atoms with Gasteiger partial charge in [0.2, 0.25) is 0 Å². The van der Waals surface area contributed by atoms with Gasteiger partial charge in [0.05, 0.1) is 0 Å². The normalized spacial score (nSPS) is 31.4. The van der Waals surface area contributed by atoms with Gasteiger partial charge in [-0.3, -0.25) is 4.90 Å². The summed E-state index contributed by atoms with van der Waals surface area (Å²) in [7, 11) is 2.29. The van der Waals surface area contributed by atoms with Crippen LogP contribution in [-0.2, 0) is 0 Å². The van der Waals surface area contributed by atoms with Gasteiger partial charge in [0.15, 0.2) is 0 Å². The first-order chi connectivity index (χ1) is 7.95. The number of hydrogen-bond donors (Lipinski definition) is 1. The maximum Gasteiger partial charge on any atom is 0.0334 e. The zero-order valence-electron chi connectivity index (χ0n) is 12.5. The van der Waals surface area contributed by atoms with Crippen molar-refractivity contribution in [3.63, 3.8) is 0 Å². The molecule has 0 bridgehead atoms. The highest BCUT2D eigenvalue weighted by Gasteiger charge is 2.41. The lowest BCUT2D eigenvalue weighted by Gasteiger charge is -2.42. The second-order valence-corrected chi connectivity index (χ2v) is 6.54. The molecular weight excluding hydrogens is 208 g/mol. The third-order valence-corrected chi connectivity index (χ3v) is 4.87. The summed E-state index contributed by atoms with van der Waals surface area (Å²) < 4.78 is 0. The predicted molar refractivity (Wildman–Crippen MR) is 76.1 cm³/mol. The van der Waals surface area contributed by atoms with Crippen LogP contribution in [-0.4, -0.2) is 30.1 Å². The molecule has 0 heterocycles. The Hall–Kier alpha value is -0.0800. The third-order valence-electron chi connectivity index (χ3n) is 4.87. The van der Waals surface area contributed by atoms with Crippen LogP contribution in [0.1, 0.15) is 59.8 Å². The molecule has 0 aromatic heterocycles. The van der Waals surface area contributed by atoms with E-state index in [1.807, 2.05) is 0 Å². The summed E-state index contributed by atoms with van der Waals surface area (Å²) in [4.78, 5) is 2.59. The van der Waals surface area contributed by atoms with Crippen LogP contribution in [0.2, 0.25) is 0 Å². The van der Waals surface area contributed by atoms with Crippen LogP contribution in [0.5, 0.6) is 0 Å². The van der Waals surface area contributed by atoms with Crippen LogP contribution in [0.25, 0.3) is 0 Å². The van der Waals surface area contributed by atoms with Crippen LogP contribution in [0, 0.1) is 11.8 Å². The quantitative estimate of drug-likeness (QED) is 0.772. The van der Waals surface area contributed by atoms with Crippen LogP contribution in [0.4, 0.5) is 0 Å². The lowest BCUT2D eigenvalue weighted by molar-refractivity contribution is 0.0755. The molecule has 3 atom stereocenters. The maximum absolute atomic E-state index is 6.11. The van der Waals surface area contributed by atoms with E-state index >= 15 is 0 Å². The molecule has 0 aromatic rings. The van der Waals surface area contributed by atoms with Crippen molar-refractivity contribution in [3.05, 3.63) is 0 Å². The topological polar surface area (TPSA) is 29.3 Å². The molecule has 3 unspecified atom stereocenters. The van der Waals surface area contributed by atoms with Gasteiger partial charge in [-0.15, -0.1) is 0 Å². The van der Waals surface area contributed by atoms with E-state index in [-0.39, 0.29) is 5.54 Å². The minimum absolute atomic E-state index is 0.287. The average molecular weight is 240 g/mol. The van der Waals surface area contributed by atoms with E-state index in [0.717, 1.165) is 18.4 Å². The summed E-state index contributed by atoms with van der Waals surface area (Å²) in [5.41, 5.74) is 6.40. The molecule has 1 fully saturated rings. The van der Waals surface area contributed by atoms with E-state index < -0.39 is 0 Å². The highest BCUT2D eigenvalue weighted by Crippen LogP contribution is 2.40. The maximum atomic E-state index is 6.11. The number of likely N-dealkylation sites (N-methyl/N-ethyl adjacent to an activating group) is 1. The lowest BCUT2D eigenvalue weighted by atomic mass is 9.90. The summed E-state index contributed by atoms with van der Waals surface area (Å²) in [6, 6.07) is 0.647. The molecule has 0 amide bonds. The molecule has 1 aliphatic rings. The van der Waals surface area contributed by atoms with Crippen molar-refractivity contribution in [2.45, 2.75) is 71.4 Å². The van der Waals surface area contributed by atoms with Gasteiger partial charge in [0, 0.05) is 18.1 Å². The van der Waals surface area contributed by atoms with Gasteiger partial charge in [-0.1, -0.05) is 27.2 Å². The Balaban J connectivity index is 2.66. The Labute approximate surface area is 108 Å². The van der Waals surface area contributed by atoms with Gasteiger partial charge < -0.3 is 5.73 Å². The molecule has 1 saturated carbocycles. The fourth-order valence-electron chi connectivity index (χ4n) is 3.52. The van der Waals surface area contributed by atoms with E-state index in [1.54, 1.807) is 0 Å². The second kappa shape index (κ2) is 6.19. The highest BCUT2D eigenvalue weighted by molar-refractivity contribution is 4.99. The Morgan fingerprint density at radius 2 is 2.00 bits per heavy atom. The van der Waals surface area contributed by atoms with E-state index in [1.165, 1.54) is 32.1 Å². The minimum atomic E-state index is 0.287. The van der Waals surface area contributed by atoms with Crippen LogP contribution in [0.3, 0.4) is 0 Å². The Bertz CT molecular complexity index is 227. The first kappa shape index (κ1) is 15.0. The van der Waals surface area contributed by atoms with E-state index in [9.17, 15) is 0 Å². The molecule has 0 saturated heterocycles. The summed E-state index contributed by atoms with van der Waals surface area (Å²) in [6.45, 7) is 10.1. The van der Waals surface area contributed by atoms with E-state index in [2.05, 4.69) is 39.6 Å². The molecule has 0 aliphatic heterocycles. The lowest BCUT2D eigenvalue weighted by Crippen LogP contribution is -2.54. The first-order valence-electron chi connectivity index (χ1n) is 7.38. The summed E-state index contributed by atoms with van der Waals surface area (Å²) in [5, 5.41) is 0. The summed E-state index contributed by atoms with van der Waals surface area (Å²) >= 11 is 0. The molecule has 1 aliphatic carbocycles. The first-order valence-corrected chi connectivity index (χ1v) is 7.38. The Morgan fingerprint density at radius 3 is 2.41 bits per heavy atom. The molecule has 0 aromatic carbocycles. The van der Waals surface area contributed by atoms with Crippen LogP contribution in [0.15, 0.2) is 0 Å². The van der Waals surface area contributed by atoms with E-state index in [0.29, 0.717) is 6.04 Å². The standard InChI is InChI=1S/C15H32N2/c1-6-14-7-8-15(10-14,11-16)17(5)13(4)9-12(2)3/h12-14H,6-11,16H2,1-5H3. The van der Waals surface area contributed by atoms with Gasteiger partial charge in [-0.2, -0.15) is 0 Å². The number of nitrogens with two attached hydrogens (primary N) is 1. The molecule has 0 radical (unpaired) electrons. The molecule has 2 nitrogen and oxygen atoms in total. The minimum Gasteiger partial charge on any atom is -0.329 e. The van der Waals surface area contributed by atoms with Crippen molar-refractivity contribution >= 4 is 0 Å². The molecule has 0 spiro atoms. The largest absolute Gasteiger partial charge is 0.329 e. The number of rotatable bonds is 6. The molecule has 17 heavy (non-hydrogen) atoms. The summed E-state index contributed by atoms with van der Waals surface area (Å²) in [5.74, 6) is 1.66. The fourth-order valence-corrected chi connectivity index (χ4v) is 3.52. The Morgan fingerprint density at radius 1 is 1.35 bits per heavy atom. The molecule has 2 heteroatoms. The van der Waals surface area contributed by atoms with Gasteiger partial charge in [-0.05, 0) is 51.5 Å². The van der Waals surface area contributed by atoms with Crippen molar-refractivity contribution in [1.82, 2.24) is 4.90 Å². The number of nitrogens with zero attached hydrogens (tertiary/aromatic N) is 1. The van der Waals surface area contributed by atoms with Gasteiger partial charge in [0.1, 0.15) is 0 Å². The van der Waals surface area contributed by atoms with E-state index in [4.69, 9.17) is 5.73 Å². The monoisotopic (exact) mass is 240 g/mol. The fraction of sp³-hybridized carbons (Fsp3) is 1.00. The SMILES string of the molecule is CCC1CCC(CN)(N(C)C(C)CC(C)C)C1. The third kappa shape index (κ3) is 3.45. The van der Waals surface area contributed by atoms with Gasteiger partial charge >= 0.3 is 0 Å². The van der Waals surface area contributed by atoms with Crippen molar-refractivity contribution < 1.29 is 0 Å². The molecule has 102 valence electrons. The highest BCUT2D eigenvalue weighted by atomic mass is 15.2. The average Bonchev–Trinajstić information content (AvgIpc) is 2.72. The molecule has 1 rings (SSSR count). The van der Waals surface area contributed by atoms with Crippen molar-refractivity contribution in [2.24, 2.45) is 17.6 Å². The van der Waals surface area contributed by atoms with Crippen molar-refractivity contribution in [2.75, 3.05) is 13.6 Å². The summed E-state index contributed by atoms with van der Waals surface area (Å²) in [6.07, 6.45) is 6.55. The second-order valence-electron chi connectivity index (χ2n) is 6.54. The predicted octanol–water partition coefficient (Wildman–Crippen LogP) is 3.26. The zero-order valence-corrected chi connectivity index (χ0v) is 12.5. The van der Waals surface area contributed by atoms with Crippen molar-refractivity contribution in [1.29, 1.82) is 0 Å². The smallest absolute Gasteiger partial charge is 0.0334 e. The number of hydrogen-bond acceptors (Lipinski definition) is 2. The van der Waals surface area contributed by atoms with Gasteiger partial charge in [0.25, 0.3) is 0 Å². The molecular formula is C15H32N2. The Kier molecular flexibility index (Phi) is 5.46. The van der Waals surface area contributed by atoms with Crippen LogP contribution < -0.4 is 5.73 Å². The van der Waals surface area contributed by atoms with Crippen LogP contribution >= 0.6 is 0 Å². The zero-order chi connectivity index (χ0) is 13.1. The van der Waals surface area contributed by atoms with Crippen molar-refractivity contribution in [3.8, 4) is 0 Å². The van der Waals surface area contributed by atoms with Gasteiger partial charge in [-0.25, -0.2) is 0 Å².